The SMILES string of the molecule is CCOC(=O)C1=Nc2ccccc2/C1=C\c1c(O)n(-c2ccc(F)cc2)c(=S)[nH]c1=O. The average Bonchev–Trinajstić information content (AvgIpc) is 3.11. The van der Waals surface area contributed by atoms with E-state index >= 15 is 0 Å². The lowest BCUT2D eigenvalue weighted by atomic mass is 10.0. The van der Waals surface area contributed by atoms with Crippen molar-refractivity contribution in [3.05, 3.63) is 80.6 Å². The number of ether oxygens (including phenoxy) is 1. The summed E-state index contributed by atoms with van der Waals surface area (Å²) >= 11 is 5.18. The van der Waals surface area contributed by atoms with E-state index < -0.39 is 23.2 Å². The van der Waals surface area contributed by atoms with Crippen LogP contribution in [0.3, 0.4) is 0 Å². The molecular formula is C22H16FN3O4S. The van der Waals surface area contributed by atoms with Crippen molar-refractivity contribution < 1.29 is 19.0 Å². The van der Waals surface area contributed by atoms with Crippen LogP contribution in [0.4, 0.5) is 10.1 Å². The van der Waals surface area contributed by atoms with Crippen LogP contribution in [0, 0.1) is 10.6 Å². The molecule has 0 atom stereocenters. The fourth-order valence-electron chi connectivity index (χ4n) is 3.25. The van der Waals surface area contributed by atoms with E-state index in [0.717, 1.165) is 0 Å². The van der Waals surface area contributed by atoms with Gasteiger partial charge in [-0.1, -0.05) is 18.2 Å². The molecule has 9 heteroatoms. The molecule has 156 valence electrons. The molecule has 0 fully saturated rings. The van der Waals surface area contributed by atoms with Crippen LogP contribution >= 0.6 is 12.2 Å². The molecule has 2 heterocycles. The third kappa shape index (κ3) is 3.71. The van der Waals surface area contributed by atoms with Gasteiger partial charge in [0, 0.05) is 11.1 Å². The second kappa shape index (κ2) is 8.11. The van der Waals surface area contributed by atoms with Crippen LogP contribution in [0.25, 0.3) is 17.3 Å². The number of carbonyl (C=O) groups excluding carboxylic acids is 1. The zero-order chi connectivity index (χ0) is 22.1. The van der Waals surface area contributed by atoms with E-state index in [9.17, 15) is 19.1 Å². The average molecular weight is 437 g/mol. The van der Waals surface area contributed by atoms with Crippen LogP contribution in [0.2, 0.25) is 0 Å². The van der Waals surface area contributed by atoms with Crippen molar-refractivity contribution in [3.8, 4) is 11.6 Å². The van der Waals surface area contributed by atoms with Crippen molar-refractivity contribution >= 4 is 41.2 Å². The van der Waals surface area contributed by atoms with E-state index in [0.29, 0.717) is 22.5 Å². The first kappa shape index (κ1) is 20.4. The largest absolute Gasteiger partial charge is 0.494 e. The molecule has 31 heavy (non-hydrogen) atoms. The van der Waals surface area contributed by atoms with Gasteiger partial charge in [-0.3, -0.25) is 14.3 Å². The molecule has 3 aromatic rings. The molecule has 4 rings (SSSR count). The number of nitrogens with one attached hydrogen (secondary N) is 1. The first-order valence-electron chi connectivity index (χ1n) is 9.32. The minimum absolute atomic E-state index is 0.0256. The molecule has 0 unspecified atom stereocenters. The van der Waals surface area contributed by atoms with Crippen LogP contribution in [-0.2, 0) is 9.53 Å². The van der Waals surface area contributed by atoms with Gasteiger partial charge in [0.15, 0.2) is 10.5 Å². The fraction of sp³-hybridized carbons (Fsp3) is 0.0909. The normalized spacial score (nSPS) is 13.7. The highest BCUT2D eigenvalue weighted by atomic mass is 32.1. The summed E-state index contributed by atoms with van der Waals surface area (Å²) in [6.45, 7) is 1.83. The number of H-pyrrole nitrogens is 1. The van der Waals surface area contributed by atoms with Crippen LogP contribution in [0.5, 0.6) is 5.88 Å². The molecule has 0 amide bonds. The number of fused-ring (bicyclic) bond motifs is 1. The molecular weight excluding hydrogens is 421 g/mol. The van der Waals surface area contributed by atoms with Gasteiger partial charge >= 0.3 is 5.97 Å². The van der Waals surface area contributed by atoms with Crippen LogP contribution in [-0.4, -0.2) is 32.9 Å². The maximum atomic E-state index is 13.3. The van der Waals surface area contributed by atoms with Gasteiger partial charge in [-0.2, -0.15) is 0 Å². The Balaban J connectivity index is 1.93. The van der Waals surface area contributed by atoms with Crippen molar-refractivity contribution in [1.29, 1.82) is 0 Å². The second-order valence-electron chi connectivity index (χ2n) is 6.56. The van der Waals surface area contributed by atoms with Crippen molar-refractivity contribution in [2.75, 3.05) is 6.61 Å². The van der Waals surface area contributed by atoms with Gasteiger partial charge in [0.05, 0.1) is 18.0 Å². The zero-order valence-electron chi connectivity index (χ0n) is 16.3. The number of aromatic hydroxyl groups is 1. The standard InChI is InChI=1S/C22H16FN3O4S/c1-2-30-21(29)18-15(14-5-3-4-6-17(14)24-18)11-16-19(27)25-22(31)26(20(16)28)13-9-7-12(23)8-10-13/h3-11,28H,2H2,1H3,(H,25,27,31)/b15-11+. The van der Waals surface area contributed by atoms with Crippen LogP contribution in [0.1, 0.15) is 18.1 Å². The molecule has 7 nitrogen and oxygen atoms in total. The van der Waals surface area contributed by atoms with E-state index in [2.05, 4.69) is 9.98 Å². The van der Waals surface area contributed by atoms with Gasteiger partial charge < -0.3 is 9.84 Å². The molecule has 1 aliphatic heterocycles. The number of benzene rings is 2. The number of hydrogen-bond donors (Lipinski definition) is 2. The predicted octanol–water partition coefficient (Wildman–Crippen LogP) is 3.93. The minimum Gasteiger partial charge on any atom is -0.494 e. The summed E-state index contributed by atoms with van der Waals surface area (Å²) in [4.78, 5) is 31.9. The molecule has 2 N–H and O–H groups in total. The highest BCUT2D eigenvalue weighted by Gasteiger charge is 2.28. The number of para-hydroxylation sites is 1. The number of hydrogen-bond acceptors (Lipinski definition) is 6. The number of carbonyl (C=O) groups is 1. The molecule has 0 spiro atoms. The zero-order valence-corrected chi connectivity index (χ0v) is 17.1. The Kier molecular flexibility index (Phi) is 5.35. The van der Waals surface area contributed by atoms with E-state index in [1.54, 1.807) is 31.2 Å². The summed E-state index contributed by atoms with van der Waals surface area (Å²) in [6.07, 6.45) is 1.37. The van der Waals surface area contributed by atoms with Gasteiger partial charge in [0.25, 0.3) is 5.56 Å². The number of rotatable bonds is 4. The number of esters is 1. The summed E-state index contributed by atoms with van der Waals surface area (Å²) in [7, 11) is 0. The Bertz CT molecular complexity index is 1370. The first-order chi connectivity index (χ1) is 14.9. The molecule has 0 saturated heterocycles. The summed E-state index contributed by atoms with van der Waals surface area (Å²) in [5.74, 6) is -1.56. The van der Waals surface area contributed by atoms with E-state index in [-0.39, 0.29) is 22.7 Å². The number of aliphatic imine (C=N–C) groups is 1. The van der Waals surface area contributed by atoms with Gasteiger partial charge in [0.2, 0.25) is 5.88 Å². The Labute approximate surface area is 180 Å². The lowest BCUT2D eigenvalue weighted by Gasteiger charge is -2.12. The molecule has 0 radical (unpaired) electrons. The number of halogens is 1. The molecule has 0 bridgehead atoms. The maximum absolute atomic E-state index is 13.3. The number of aromatic nitrogens is 2. The van der Waals surface area contributed by atoms with Crippen LogP contribution in [0.15, 0.2) is 58.3 Å². The Morgan fingerprint density at radius 2 is 1.97 bits per heavy atom. The lowest BCUT2D eigenvalue weighted by molar-refractivity contribution is -0.134. The highest BCUT2D eigenvalue weighted by Crippen LogP contribution is 2.37. The summed E-state index contributed by atoms with van der Waals surface area (Å²) < 4.78 is 19.5. The van der Waals surface area contributed by atoms with Crippen molar-refractivity contribution in [2.24, 2.45) is 4.99 Å². The lowest BCUT2D eigenvalue weighted by Crippen LogP contribution is -2.19. The van der Waals surface area contributed by atoms with E-state index in [1.165, 1.54) is 34.9 Å². The van der Waals surface area contributed by atoms with Crippen molar-refractivity contribution in [1.82, 2.24) is 9.55 Å². The van der Waals surface area contributed by atoms with Gasteiger partial charge in [-0.25, -0.2) is 14.2 Å². The smallest absolute Gasteiger partial charge is 0.357 e. The van der Waals surface area contributed by atoms with Crippen molar-refractivity contribution in [3.63, 3.8) is 0 Å². The molecule has 1 aliphatic rings. The monoisotopic (exact) mass is 437 g/mol. The third-order valence-electron chi connectivity index (χ3n) is 4.64. The second-order valence-corrected chi connectivity index (χ2v) is 6.95. The van der Waals surface area contributed by atoms with Gasteiger partial charge in [-0.05, 0) is 55.5 Å². The first-order valence-corrected chi connectivity index (χ1v) is 9.73. The molecule has 0 saturated carbocycles. The summed E-state index contributed by atoms with van der Waals surface area (Å²) in [5, 5.41) is 10.9. The number of aromatic amines is 1. The summed E-state index contributed by atoms with van der Waals surface area (Å²) in [6, 6.07) is 12.3. The quantitative estimate of drug-likeness (QED) is 0.476. The Morgan fingerprint density at radius 1 is 1.26 bits per heavy atom. The highest BCUT2D eigenvalue weighted by molar-refractivity contribution is 7.71. The van der Waals surface area contributed by atoms with Gasteiger partial charge in [-0.15, -0.1) is 0 Å². The molecule has 1 aromatic heterocycles. The predicted molar refractivity (Wildman–Crippen MR) is 117 cm³/mol. The van der Waals surface area contributed by atoms with E-state index in [4.69, 9.17) is 17.0 Å². The topological polar surface area (TPSA) is 96.7 Å². The van der Waals surface area contributed by atoms with Gasteiger partial charge in [0.1, 0.15) is 11.4 Å². The Morgan fingerprint density at radius 3 is 2.68 bits per heavy atom. The Hall–Kier alpha value is -3.85. The number of nitrogens with zero attached hydrogens (tertiary/aromatic N) is 2. The molecule has 0 aliphatic carbocycles. The maximum Gasteiger partial charge on any atom is 0.357 e. The fourth-order valence-corrected chi connectivity index (χ4v) is 3.54. The summed E-state index contributed by atoms with van der Waals surface area (Å²) in [5.41, 5.74) is 1.07. The minimum atomic E-state index is -0.652. The van der Waals surface area contributed by atoms with E-state index in [1.807, 2.05) is 0 Å². The third-order valence-corrected chi connectivity index (χ3v) is 4.93. The molecule has 2 aromatic carbocycles. The van der Waals surface area contributed by atoms with Crippen molar-refractivity contribution in [2.45, 2.75) is 6.92 Å². The van der Waals surface area contributed by atoms with Crippen LogP contribution < -0.4 is 5.56 Å².